The van der Waals surface area contributed by atoms with Crippen molar-refractivity contribution in [2.75, 3.05) is 0 Å². The SMILES string of the molecule is Cc1[nH]nc(Cc2ccccc2Br)c1C. The minimum atomic E-state index is 0.873. The lowest BCUT2D eigenvalue weighted by molar-refractivity contribution is 0.976. The van der Waals surface area contributed by atoms with Gasteiger partial charge in [-0.1, -0.05) is 34.1 Å². The molecule has 0 amide bonds. The standard InChI is InChI=1S/C12H13BrN2/c1-8-9(2)14-15-12(8)7-10-5-3-4-6-11(10)13/h3-6H,7H2,1-2H3,(H,14,15). The number of halogens is 1. The highest BCUT2D eigenvalue weighted by Gasteiger charge is 2.07. The number of nitrogens with one attached hydrogen (secondary N) is 1. The average molecular weight is 265 g/mol. The Balaban J connectivity index is 2.30. The van der Waals surface area contributed by atoms with Crippen molar-refractivity contribution in [3.8, 4) is 0 Å². The molecule has 0 aliphatic rings. The number of rotatable bonds is 2. The van der Waals surface area contributed by atoms with Crippen molar-refractivity contribution in [3.05, 3.63) is 51.3 Å². The molecule has 1 aromatic heterocycles. The van der Waals surface area contributed by atoms with Crippen LogP contribution in [0.2, 0.25) is 0 Å². The topological polar surface area (TPSA) is 28.7 Å². The third-order valence-corrected chi connectivity index (χ3v) is 3.44. The van der Waals surface area contributed by atoms with Crippen molar-refractivity contribution < 1.29 is 0 Å². The average Bonchev–Trinajstić information content (AvgIpc) is 2.53. The maximum atomic E-state index is 4.31. The summed E-state index contributed by atoms with van der Waals surface area (Å²) >= 11 is 3.55. The van der Waals surface area contributed by atoms with Crippen molar-refractivity contribution in [1.82, 2.24) is 10.2 Å². The number of aromatic amines is 1. The minimum Gasteiger partial charge on any atom is -0.282 e. The second-order valence-electron chi connectivity index (χ2n) is 3.69. The lowest BCUT2D eigenvalue weighted by Crippen LogP contribution is -1.92. The van der Waals surface area contributed by atoms with Gasteiger partial charge in [-0.25, -0.2) is 0 Å². The Bertz CT molecular complexity index is 474. The van der Waals surface area contributed by atoms with Crippen LogP contribution in [-0.2, 0) is 6.42 Å². The first-order valence-electron chi connectivity index (χ1n) is 4.92. The number of H-pyrrole nitrogens is 1. The van der Waals surface area contributed by atoms with Gasteiger partial charge in [0.2, 0.25) is 0 Å². The predicted molar refractivity (Wildman–Crippen MR) is 65.0 cm³/mol. The number of aryl methyl sites for hydroxylation is 1. The summed E-state index contributed by atoms with van der Waals surface area (Å²) in [7, 11) is 0. The van der Waals surface area contributed by atoms with E-state index in [1.54, 1.807) is 0 Å². The number of hydrogen-bond acceptors (Lipinski definition) is 1. The third kappa shape index (κ3) is 2.12. The normalized spacial score (nSPS) is 10.6. The molecule has 1 heterocycles. The predicted octanol–water partition coefficient (Wildman–Crippen LogP) is 3.38. The van der Waals surface area contributed by atoms with Gasteiger partial charge >= 0.3 is 0 Å². The fourth-order valence-corrected chi connectivity index (χ4v) is 1.95. The fraction of sp³-hybridized carbons (Fsp3) is 0.250. The number of aromatic nitrogens is 2. The Morgan fingerprint density at radius 2 is 2.00 bits per heavy atom. The monoisotopic (exact) mass is 264 g/mol. The summed E-state index contributed by atoms with van der Waals surface area (Å²) in [5.74, 6) is 0. The number of nitrogens with zero attached hydrogens (tertiary/aromatic N) is 1. The van der Waals surface area contributed by atoms with Gasteiger partial charge < -0.3 is 0 Å². The van der Waals surface area contributed by atoms with Gasteiger partial charge in [0.05, 0.1) is 5.69 Å². The highest BCUT2D eigenvalue weighted by Crippen LogP contribution is 2.20. The van der Waals surface area contributed by atoms with Gasteiger partial charge in [0.25, 0.3) is 0 Å². The Kier molecular flexibility index (Phi) is 2.91. The van der Waals surface area contributed by atoms with Crippen LogP contribution in [0.15, 0.2) is 28.7 Å². The highest BCUT2D eigenvalue weighted by atomic mass is 79.9. The van der Waals surface area contributed by atoms with Gasteiger partial charge in [0.15, 0.2) is 0 Å². The van der Waals surface area contributed by atoms with E-state index >= 15 is 0 Å². The zero-order valence-corrected chi connectivity index (χ0v) is 10.4. The molecule has 0 radical (unpaired) electrons. The number of hydrogen-bond donors (Lipinski definition) is 1. The van der Waals surface area contributed by atoms with Crippen molar-refractivity contribution in [1.29, 1.82) is 0 Å². The molecule has 0 unspecified atom stereocenters. The summed E-state index contributed by atoms with van der Waals surface area (Å²) in [5, 5.41) is 7.32. The lowest BCUT2D eigenvalue weighted by atomic mass is 10.1. The van der Waals surface area contributed by atoms with E-state index in [2.05, 4.69) is 51.3 Å². The molecule has 2 rings (SSSR count). The van der Waals surface area contributed by atoms with E-state index in [4.69, 9.17) is 0 Å². The quantitative estimate of drug-likeness (QED) is 0.885. The Hall–Kier alpha value is -1.09. The Labute approximate surface area is 97.8 Å². The summed E-state index contributed by atoms with van der Waals surface area (Å²) in [5.41, 5.74) is 4.80. The summed E-state index contributed by atoms with van der Waals surface area (Å²) in [6.45, 7) is 4.15. The Morgan fingerprint density at radius 3 is 2.60 bits per heavy atom. The molecule has 0 aliphatic heterocycles. The molecule has 1 N–H and O–H groups in total. The maximum absolute atomic E-state index is 4.31. The molecule has 0 spiro atoms. The summed E-state index contributed by atoms with van der Waals surface area (Å²) in [4.78, 5) is 0. The van der Waals surface area contributed by atoms with Crippen molar-refractivity contribution in [2.45, 2.75) is 20.3 Å². The third-order valence-electron chi connectivity index (χ3n) is 2.67. The molecular weight excluding hydrogens is 252 g/mol. The Morgan fingerprint density at radius 1 is 1.27 bits per heavy atom. The molecule has 0 saturated carbocycles. The molecule has 3 heteroatoms. The van der Waals surface area contributed by atoms with Crippen LogP contribution in [0.3, 0.4) is 0 Å². The van der Waals surface area contributed by atoms with Crippen LogP contribution in [-0.4, -0.2) is 10.2 Å². The summed E-state index contributed by atoms with van der Waals surface area (Å²) in [6.07, 6.45) is 0.873. The highest BCUT2D eigenvalue weighted by molar-refractivity contribution is 9.10. The zero-order valence-electron chi connectivity index (χ0n) is 8.84. The molecule has 78 valence electrons. The van der Waals surface area contributed by atoms with Crippen LogP contribution in [0.4, 0.5) is 0 Å². The van der Waals surface area contributed by atoms with Gasteiger partial charge in [-0.2, -0.15) is 5.10 Å². The lowest BCUT2D eigenvalue weighted by Gasteiger charge is -2.02. The largest absolute Gasteiger partial charge is 0.282 e. The van der Waals surface area contributed by atoms with Gasteiger partial charge in [-0.15, -0.1) is 0 Å². The van der Waals surface area contributed by atoms with Gasteiger partial charge in [0.1, 0.15) is 0 Å². The van der Waals surface area contributed by atoms with Crippen LogP contribution in [0.5, 0.6) is 0 Å². The van der Waals surface area contributed by atoms with E-state index < -0.39 is 0 Å². The molecule has 15 heavy (non-hydrogen) atoms. The molecule has 0 saturated heterocycles. The van der Waals surface area contributed by atoms with Gasteiger partial charge in [-0.3, -0.25) is 5.10 Å². The molecule has 2 aromatic rings. The maximum Gasteiger partial charge on any atom is 0.0698 e. The van der Waals surface area contributed by atoms with E-state index in [0.29, 0.717) is 0 Å². The zero-order chi connectivity index (χ0) is 10.8. The second-order valence-corrected chi connectivity index (χ2v) is 4.54. The summed E-state index contributed by atoms with van der Waals surface area (Å²) in [6, 6.07) is 8.25. The minimum absolute atomic E-state index is 0.873. The van der Waals surface area contributed by atoms with E-state index in [9.17, 15) is 0 Å². The van der Waals surface area contributed by atoms with Crippen LogP contribution >= 0.6 is 15.9 Å². The van der Waals surface area contributed by atoms with Gasteiger partial charge in [-0.05, 0) is 31.0 Å². The molecule has 1 aromatic carbocycles. The van der Waals surface area contributed by atoms with Crippen molar-refractivity contribution in [3.63, 3.8) is 0 Å². The number of benzene rings is 1. The van der Waals surface area contributed by atoms with E-state index in [1.807, 2.05) is 13.0 Å². The second kappa shape index (κ2) is 4.19. The van der Waals surface area contributed by atoms with Crippen LogP contribution < -0.4 is 0 Å². The van der Waals surface area contributed by atoms with Gasteiger partial charge in [0, 0.05) is 16.6 Å². The smallest absolute Gasteiger partial charge is 0.0698 e. The van der Waals surface area contributed by atoms with Crippen LogP contribution in [0.25, 0.3) is 0 Å². The van der Waals surface area contributed by atoms with E-state index in [1.165, 1.54) is 11.1 Å². The van der Waals surface area contributed by atoms with Crippen molar-refractivity contribution >= 4 is 15.9 Å². The molecule has 0 atom stereocenters. The van der Waals surface area contributed by atoms with E-state index in [-0.39, 0.29) is 0 Å². The first kappa shape index (κ1) is 10.4. The van der Waals surface area contributed by atoms with Crippen LogP contribution in [0, 0.1) is 13.8 Å². The van der Waals surface area contributed by atoms with Crippen LogP contribution in [0.1, 0.15) is 22.5 Å². The first-order valence-corrected chi connectivity index (χ1v) is 5.71. The van der Waals surface area contributed by atoms with E-state index in [0.717, 1.165) is 22.3 Å². The summed E-state index contributed by atoms with van der Waals surface area (Å²) < 4.78 is 1.14. The molecule has 0 aliphatic carbocycles. The van der Waals surface area contributed by atoms with Crippen molar-refractivity contribution in [2.24, 2.45) is 0 Å². The first-order chi connectivity index (χ1) is 7.18. The molecular formula is C12H13BrN2. The fourth-order valence-electron chi connectivity index (χ4n) is 1.53. The molecule has 0 fully saturated rings. The molecule has 2 nitrogen and oxygen atoms in total. The molecule has 0 bridgehead atoms.